The molecule has 3 aromatic carbocycles. The molecule has 0 aliphatic heterocycles. The monoisotopic (exact) mass is 428 g/mol. The molecule has 4 rings (SSSR count). The Balaban J connectivity index is 1.38. The zero-order chi connectivity index (χ0) is 21.6. The third-order valence-electron chi connectivity index (χ3n) is 4.56. The molecule has 0 radical (unpaired) electrons. The maximum Gasteiger partial charge on any atom is 0.250 e. The Morgan fingerprint density at radius 3 is 2.65 bits per heavy atom. The van der Waals surface area contributed by atoms with Crippen LogP contribution in [0, 0.1) is 0 Å². The number of hydrogen-bond acceptors (Lipinski definition) is 4. The van der Waals surface area contributed by atoms with E-state index in [1.165, 1.54) is 6.08 Å². The van der Waals surface area contributed by atoms with Crippen molar-refractivity contribution in [3.63, 3.8) is 0 Å². The predicted octanol–water partition coefficient (Wildman–Crippen LogP) is 4.76. The minimum atomic E-state index is -0.318. The van der Waals surface area contributed by atoms with Crippen LogP contribution < -0.4 is 15.4 Å². The third kappa shape index (κ3) is 5.15. The summed E-state index contributed by atoms with van der Waals surface area (Å²) in [5.74, 6) is 1.21. The molecule has 154 valence electrons. The minimum Gasteiger partial charge on any atom is -0.497 e. The van der Waals surface area contributed by atoms with E-state index < -0.39 is 0 Å². The normalized spacial score (nSPS) is 10.9. The number of aromatic nitrogens is 2. The van der Waals surface area contributed by atoms with Gasteiger partial charge in [-0.25, -0.2) is 4.98 Å². The number of anilines is 1. The first-order valence-corrected chi connectivity index (χ1v) is 10.0. The molecule has 0 fully saturated rings. The molecule has 0 saturated carbocycles. The van der Waals surface area contributed by atoms with Crippen LogP contribution >= 0.6 is 12.2 Å². The van der Waals surface area contributed by atoms with E-state index in [1.807, 2.05) is 72.8 Å². The fourth-order valence-corrected chi connectivity index (χ4v) is 3.26. The maximum atomic E-state index is 12.2. The van der Waals surface area contributed by atoms with Crippen LogP contribution in [0.4, 0.5) is 5.69 Å². The molecule has 1 heterocycles. The molecule has 0 atom stereocenters. The van der Waals surface area contributed by atoms with Gasteiger partial charge in [0.05, 0.1) is 18.1 Å². The fourth-order valence-electron chi connectivity index (χ4n) is 3.04. The van der Waals surface area contributed by atoms with Crippen molar-refractivity contribution in [2.75, 3.05) is 12.4 Å². The van der Waals surface area contributed by atoms with Crippen molar-refractivity contribution in [2.45, 2.75) is 0 Å². The Hall–Kier alpha value is -3.97. The predicted molar refractivity (Wildman–Crippen MR) is 128 cm³/mol. The highest BCUT2D eigenvalue weighted by molar-refractivity contribution is 7.80. The van der Waals surface area contributed by atoms with Crippen molar-refractivity contribution in [1.82, 2.24) is 15.3 Å². The number of rotatable bonds is 5. The summed E-state index contributed by atoms with van der Waals surface area (Å²) in [4.78, 5) is 20.1. The summed E-state index contributed by atoms with van der Waals surface area (Å²) in [6.07, 6.45) is 3.14. The Morgan fingerprint density at radius 1 is 1.06 bits per heavy atom. The van der Waals surface area contributed by atoms with Gasteiger partial charge in [-0.2, -0.15) is 0 Å². The Labute approximate surface area is 185 Å². The molecular formula is C24H20N4O2S. The van der Waals surface area contributed by atoms with Gasteiger partial charge in [-0.05, 0) is 60.3 Å². The summed E-state index contributed by atoms with van der Waals surface area (Å²) < 4.78 is 5.12. The Morgan fingerprint density at radius 2 is 1.87 bits per heavy atom. The zero-order valence-corrected chi connectivity index (χ0v) is 17.6. The number of benzene rings is 3. The zero-order valence-electron chi connectivity index (χ0n) is 16.8. The largest absolute Gasteiger partial charge is 0.497 e. The molecule has 4 aromatic rings. The molecule has 1 amide bonds. The number of methoxy groups -OCH3 is 1. The molecule has 6 nitrogen and oxygen atoms in total. The van der Waals surface area contributed by atoms with E-state index in [0.717, 1.165) is 39.4 Å². The number of H-pyrrole nitrogens is 1. The second-order valence-corrected chi connectivity index (χ2v) is 7.14. The second-order valence-electron chi connectivity index (χ2n) is 6.73. The number of para-hydroxylation sites is 2. The number of amides is 1. The van der Waals surface area contributed by atoms with Crippen molar-refractivity contribution >= 4 is 46.0 Å². The number of thiocarbonyl (C=S) groups is 1. The van der Waals surface area contributed by atoms with Gasteiger partial charge >= 0.3 is 0 Å². The number of carbonyl (C=O) groups excluding carboxylic acids is 1. The summed E-state index contributed by atoms with van der Waals surface area (Å²) >= 11 is 5.27. The number of nitrogens with zero attached hydrogens (tertiary/aromatic N) is 1. The first kappa shape index (κ1) is 20.3. The first-order chi connectivity index (χ1) is 15.1. The number of aromatic amines is 1. The van der Waals surface area contributed by atoms with Gasteiger partial charge in [0, 0.05) is 17.3 Å². The molecule has 0 unspecified atom stereocenters. The summed E-state index contributed by atoms with van der Waals surface area (Å²) in [6, 6.07) is 22.9. The van der Waals surface area contributed by atoms with E-state index in [9.17, 15) is 4.79 Å². The van der Waals surface area contributed by atoms with Crippen LogP contribution in [0.15, 0.2) is 78.9 Å². The van der Waals surface area contributed by atoms with Gasteiger partial charge in [0.15, 0.2) is 5.11 Å². The molecule has 0 spiro atoms. The average molecular weight is 429 g/mol. The SMILES string of the molecule is COc1ccc(C=CC(=O)NC(=S)Nc2cccc(-c3nc4ccccc4[nH]3)c2)cc1. The molecule has 1 aromatic heterocycles. The standard InChI is InChI=1S/C24H20N4O2S/c1-30-19-12-9-16(10-13-19)11-14-22(29)28-24(31)25-18-6-4-5-17(15-18)23-26-20-7-2-3-8-21(20)27-23/h2-15H,1H3,(H,26,27)(H2,25,28,29,31). The highest BCUT2D eigenvalue weighted by Gasteiger charge is 2.07. The lowest BCUT2D eigenvalue weighted by molar-refractivity contribution is -0.115. The van der Waals surface area contributed by atoms with Crippen LogP contribution in [0.25, 0.3) is 28.5 Å². The van der Waals surface area contributed by atoms with Crippen molar-refractivity contribution < 1.29 is 9.53 Å². The maximum absolute atomic E-state index is 12.2. The average Bonchev–Trinajstić information content (AvgIpc) is 3.22. The topological polar surface area (TPSA) is 79.0 Å². The third-order valence-corrected chi connectivity index (χ3v) is 4.77. The van der Waals surface area contributed by atoms with Crippen molar-refractivity contribution in [1.29, 1.82) is 0 Å². The molecular weight excluding hydrogens is 408 g/mol. The quantitative estimate of drug-likeness (QED) is 0.315. The summed E-state index contributed by atoms with van der Waals surface area (Å²) in [7, 11) is 1.61. The van der Waals surface area contributed by atoms with Gasteiger partial charge in [-0.3, -0.25) is 10.1 Å². The highest BCUT2D eigenvalue weighted by atomic mass is 32.1. The van der Waals surface area contributed by atoms with Gasteiger partial charge in [0.1, 0.15) is 11.6 Å². The van der Waals surface area contributed by atoms with Crippen LogP contribution in [-0.4, -0.2) is 28.1 Å². The Kier molecular flexibility index (Phi) is 6.05. The first-order valence-electron chi connectivity index (χ1n) is 9.60. The lowest BCUT2D eigenvalue weighted by atomic mass is 10.2. The summed E-state index contributed by atoms with van der Waals surface area (Å²) in [5.41, 5.74) is 4.43. The fraction of sp³-hybridized carbons (Fsp3) is 0.0417. The number of carbonyl (C=O) groups is 1. The van der Waals surface area contributed by atoms with Crippen LogP contribution in [0.2, 0.25) is 0 Å². The molecule has 7 heteroatoms. The van der Waals surface area contributed by atoms with Crippen molar-refractivity contribution in [2.24, 2.45) is 0 Å². The second kappa shape index (κ2) is 9.23. The molecule has 0 aliphatic rings. The van der Waals surface area contributed by atoms with E-state index in [1.54, 1.807) is 13.2 Å². The van der Waals surface area contributed by atoms with E-state index in [4.69, 9.17) is 17.0 Å². The van der Waals surface area contributed by atoms with Gasteiger partial charge in [-0.15, -0.1) is 0 Å². The minimum absolute atomic E-state index is 0.214. The number of imidazole rings is 1. The van der Waals surface area contributed by atoms with Gasteiger partial charge in [0.25, 0.3) is 0 Å². The molecule has 0 bridgehead atoms. The molecule has 0 saturated heterocycles. The van der Waals surface area contributed by atoms with Crippen molar-refractivity contribution in [3.8, 4) is 17.1 Å². The van der Waals surface area contributed by atoms with E-state index in [-0.39, 0.29) is 11.0 Å². The van der Waals surface area contributed by atoms with Crippen LogP contribution in [0.1, 0.15) is 5.56 Å². The highest BCUT2D eigenvalue weighted by Crippen LogP contribution is 2.23. The van der Waals surface area contributed by atoms with E-state index in [2.05, 4.69) is 20.6 Å². The lowest BCUT2D eigenvalue weighted by Gasteiger charge is -2.09. The van der Waals surface area contributed by atoms with Gasteiger partial charge in [0.2, 0.25) is 5.91 Å². The Bertz CT molecular complexity index is 1230. The van der Waals surface area contributed by atoms with Crippen molar-refractivity contribution in [3.05, 3.63) is 84.4 Å². The molecule has 3 N–H and O–H groups in total. The van der Waals surface area contributed by atoms with Gasteiger partial charge in [-0.1, -0.05) is 36.4 Å². The van der Waals surface area contributed by atoms with Crippen LogP contribution in [-0.2, 0) is 4.79 Å². The molecule has 31 heavy (non-hydrogen) atoms. The molecule has 0 aliphatic carbocycles. The van der Waals surface area contributed by atoms with Crippen LogP contribution in [0.3, 0.4) is 0 Å². The number of ether oxygens (including phenoxy) is 1. The lowest BCUT2D eigenvalue weighted by Crippen LogP contribution is -2.32. The smallest absolute Gasteiger partial charge is 0.250 e. The van der Waals surface area contributed by atoms with E-state index >= 15 is 0 Å². The number of fused-ring (bicyclic) bond motifs is 1. The van der Waals surface area contributed by atoms with Crippen LogP contribution in [0.5, 0.6) is 5.75 Å². The summed E-state index contributed by atoms with van der Waals surface area (Å²) in [5, 5.41) is 5.90. The number of hydrogen-bond donors (Lipinski definition) is 3. The van der Waals surface area contributed by atoms with Gasteiger partial charge < -0.3 is 15.0 Å². The van der Waals surface area contributed by atoms with E-state index in [0.29, 0.717) is 0 Å². The summed E-state index contributed by atoms with van der Waals surface area (Å²) in [6.45, 7) is 0. The number of nitrogens with one attached hydrogen (secondary N) is 3.